The van der Waals surface area contributed by atoms with E-state index in [0.29, 0.717) is 6.04 Å². The Kier molecular flexibility index (Phi) is 6.55. The van der Waals surface area contributed by atoms with Gasteiger partial charge in [-0.25, -0.2) is 0 Å². The van der Waals surface area contributed by atoms with Crippen molar-refractivity contribution >= 4 is 11.3 Å². The Morgan fingerprint density at radius 3 is 2.83 bits per heavy atom. The van der Waals surface area contributed by atoms with E-state index >= 15 is 0 Å². The van der Waals surface area contributed by atoms with Crippen LogP contribution in [0.1, 0.15) is 35.8 Å². The van der Waals surface area contributed by atoms with Crippen LogP contribution in [-0.2, 0) is 19.3 Å². The predicted octanol–water partition coefficient (Wildman–Crippen LogP) is 4.08. The lowest BCUT2D eigenvalue weighted by Crippen LogP contribution is -2.41. The summed E-state index contributed by atoms with van der Waals surface area (Å²) in [5, 5.41) is 14.1. The van der Waals surface area contributed by atoms with Crippen molar-refractivity contribution in [2.24, 2.45) is 0 Å². The summed E-state index contributed by atoms with van der Waals surface area (Å²) in [4.78, 5) is 4.11. The fourth-order valence-electron chi connectivity index (χ4n) is 3.54. The third-order valence-electron chi connectivity index (χ3n) is 4.67. The van der Waals surface area contributed by atoms with Crippen molar-refractivity contribution in [1.82, 2.24) is 4.90 Å². The van der Waals surface area contributed by atoms with Crippen molar-refractivity contribution in [3.05, 3.63) is 59.1 Å². The van der Waals surface area contributed by atoms with E-state index in [9.17, 15) is 5.11 Å². The Morgan fingerprint density at radius 2 is 2.09 bits per heavy atom. The molecule has 2 nitrogen and oxygen atoms in total. The van der Waals surface area contributed by atoms with Crippen molar-refractivity contribution in [3.63, 3.8) is 0 Å². The number of fused-ring (bicyclic) bond motifs is 1. The van der Waals surface area contributed by atoms with Crippen molar-refractivity contribution < 1.29 is 5.11 Å². The third kappa shape index (κ3) is 4.30. The van der Waals surface area contributed by atoms with Crippen LogP contribution in [0.25, 0.3) is 0 Å². The summed E-state index contributed by atoms with van der Waals surface area (Å²) in [5.74, 6) is 0.233. The first kappa shape index (κ1) is 17.9. The average molecular weight is 330 g/mol. The molecule has 1 heterocycles. The number of hydrogen-bond donors (Lipinski definition) is 0. The number of nitrogens with zero attached hydrogens (tertiary/aromatic N) is 1. The van der Waals surface area contributed by atoms with Gasteiger partial charge in [0.1, 0.15) is 0 Å². The second-order valence-corrected chi connectivity index (χ2v) is 7.19. The van der Waals surface area contributed by atoms with E-state index in [1.807, 2.05) is 17.4 Å². The van der Waals surface area contributed by atoms with E-state index in [0.717, 1.165) is 44.3 Å². The molecule has 3 heteroatoms. The Bertz CT molecular complexity index is 594. The lowest BCUT2D eigenvalue weighted by molar-refractivity contribution is -0.269. The van der Waals surface area contributed by atoms with Gasteiger partial charge in [0.15, 0.2) is 0 Å². The maximum Gasteiger partial charge on any atom is 0.0467 e. The number of thiophene rings is 1. The molecule has 1 aliphatic carbocycles. The molecule has 0 N–H and O–H groups in total. The summed E-state index contributed by atoms with van der Waals surface area (Å²) in [6.45, 7) is 4.54. The molecule has 0 bridgehead atoms. The van der Waals surface area contributed by atoms with Crippen molar-refractivity contribution in [3.8, 4) is 5.75 Å². The second-order valence-electron chi connectivity index (χ2n) is 6.16. The SMILES string of the molecule is CCCN(CCc1cccs1)[C@H]1CCc2c([O-])cccc2C1.[CH3+]. The third-order valence-corrected chi connectivity index (χ3v) is 5.60. The quantitative estimate of drug-likeness (QED) is 0.746. The van der Waals surface area contributed by atoms with Gasteiger partial charge in [0.2, 0.25) is 0 Å². The summed E-state index contributed by atoms with van der Waals surface area (Å²) >= 11 is 1.85. The highest BCUT2D eigenvalue weighted by atomic mass is 32.1. The number of rotatable bonds is 6. The van der Waals surface area contributed by atoms with Crippen LogP contribution in [0.15, 0.2) is 35.7 Å². The highest BCUT2D eigenvalue weighted by Crippen LogP contribution is 2.29. The molecular formula is C20H27NOS. The van der Waals surface area contributed by atoms with Gasteiger partial charge in [0.05, 0.1) is 0 Å². The molecule has 0 spiro atoms. The molecule has 1 aromatic carbocycles. The minimum absolute atomic E-state index is 0. The zero-order chi connectivity index (χ0) is 15.4. The molecule has 2 aromatic rings. The number of benzene rings is 1. The van der Waals surface area contributed by atoms with E-state index < -0.39 is 0 Å². The molecule has 1 aromatic heterocycles. The molecule has 0 aliphatic heterocycles. The van der Waals surface area contributed by atoms with E-state index in [1.165, 1.54) is 16.9 Å². The summed E-state index contributed by atoms with van der Waals surface area (Å²) in [6.07, 6.45) is 5.43. The molecule has 0 fully saturated rings. The molecule has 0 saturated carbocycles. The Balaban J connectivity index is 0.00000192. The first-order chi connectivity index (χ1) is 10.8. The molecule has 1 atom stereocenters. The standard InChI is InChI=1S/C19H25NOS.CH3/c1-2-11-20(12-10-17-6-4-13-22-17)16-8-9-18-15(14-16)5-3-7-19(18)21;/h3-7,13,16,21H,2,8-12,14H2,1H3;1H3/q;+1/p-1/t16-;/m0./s1. The van der Waals surface area contributed by atoms with Gasteiger partial charge in [-0.05, 0) is 55.7 Å². The van der Waals surface area contributed by atoms with Crippen LogP contribution < -0.4 is 5.11 Å². The fraction of sp³-hybridized carbons (Fsp3) is 0.450. The maximum absolute atomic E-state index is 11.9. The van der Waals surface area contributed by atoms with Gasteiger partial charge in [0, 0.05) is 24.9 Å². The topological polar surface area (TPSA) is 26.3 Å². The highest BCUT2D eigenvalue weighted by Gasteiger charge is 2.23. The zero-order valence-electron chi connectivity index (χ0n) is 14.3. The Morgan fingerprint density at radius 1 is 1.22 bits per heavy atom. The maximum atomic E-state index is 11.9. The van der Waals surface area contributed by atoms with Gasteiger partial charge in [-0.1, -0.05) is 36.8 Å². The molecule has 0 amide bonds. The first-order valence-electron chi connectivity index (χ1n) is 8.32. The highest BCUT2D eigenvalue weighted by molar-refractivity contribution is 7.09. The molecule has 0 radical (unpaired) electrons. The van der Waals surface area contributed by atoms with Crippen LogP contribution >= 0.6 is 11.3 Å². The predicted molar refractivity (Wildman–Crippen MR) is 98.0 cm³/mol. The van der Waals surface area contributed by atoms with Gasteiger partial charge in [0.25, 0.3) is 0 Å². The van der Waals surface area contributed by atoms with Crippen LogP contribution in [-0.4, -0.2) is 24.0 Å². The zero-order valence-corrected chi connectivity index (χ0v) is 15.1. The molecule has 3 rings (SSSR count). The molecule has 23 heavy (non-hydrogen) atoms. The van der Waals surface area contributed by atoms with Crippen LogP contribution in [0.5, 0.6) is 5.75 Å². The van der Waals surface area contributed by atoms with E-state index in [1.54, 1.807) is 6.07 Å². The van der Waals surface area contributed by atoms with Gasteiger partial charge in [-0.3, -0.25) is 4.90 Å². The van der Waals surface area contributed by atoms with Crippen LogP contribution in [0.2, 0.25) is 0 Å². The first-order valence-corrected chi connectivity index (χ1v) is 9.20. The van der Waals surface area contributed by atoms with E-state index in [4.69, 9.17) is 0 Å². The molecule has 1 aliphatic rings. The van der Waals surface area contributed by atoms with E-state index in [2.05, 4.69) is 35.4 Å². The summed E-state index contributed by atoms with van der Waals surface area (Å²) < 4.78 is 0. The number of hydrogen-bond acceptors (Lipinski definition) is 3. The van der Waals surface area contributed by atoms with Gasteiger partial charge in [-0.2, -0.15) is 0 Å². The van der Waals surface area contributed by atoms with Crippen molar-refractivity contribution in [1.29, 1.82) is 0 Å². The van der Waals surface area contributed by atoms with Crippen molar-refractivity contribution in [2.75, 3.05) is 13.1 Å². The van der Waals surface area contributed by atoms with Crippen LogP contribution in [0, 0.1) is 7.43 Å². The van der Waals surface area contributed by atoms with Gasteiger partial charge < -0.3 is 5.11 Å². The van der Waals surface area contributed by atoms with Crippen molar-refractivity contribution in [2.45, 2.75) is 45.1 Å². The van der Waals surface area contributed by atoms with Gasteiger partial charge in [-0.15, -0.1) is 17.1 Å². The lowest BCUT2D eigenvalue weighted by atomic mass is 9.86. The Hall–Kier alpha value is -1.45. The summed E-state index contributed by atoms with van der Waals surface area (Å²) in [7, 11) is 0. The monoisotopic (exact) mass is 329 g/mol. The average Bonchev–Trinajstić information content (AvgIpc) is 3.05. The minimum Gasteiger partial charge on any atom is -0.872 e. The second kappa shape index (κ2) is 8.42. The fourth-order valence-corrected chi connectivity index (χ4v) is 4.24. The van der Waals surface area contributed by atoms with E-state index in [-0.39, 0.29) is 13.2 Å². The van der Waals surface area contributed by atoms with Crippen LogP contribution in [0.4, 0.5) is 0 Å². The summed E-state index contributed by atoms with van der Waals surface area (Å²) in [5.41, 5.74) is 2.34. The minimum atomic E-state index is 0. The Labute approximate surface area is 144 Å². The lowest BCUT2D eigenvalue weighted by Gasteiger charge is -2.36. The molecule has 0 unspecified atom stereocenters. The smallest absolute Gasteiger partial charge is 0.0467 e. The molecule has 0 saturated heterocycles. The van der Waals surface area contributed by atoms with Gasteiger partial charge >= 0.3 is 0 Å². The van der Waals surface area contributed by atoms with Crippen LogP contribution in [0.3, 0.4) is 0 Å². The largest absolute Gasteiger partial charge is 0.872 e. The summed E-state index contributed by atoms with van der Waals surface area (Å²) in [6, 6.07) is 10.7. The normalized spacial score (nSPS) is 16.9. The molecule has 124 valence electrons. The molecular weight excluding hydrogens is 302 g/mol.